The molecule has 0 saturated heterocycles. The molecular weight excluding hydrogens is 334 g/mol. The summed E-state index contributed by atoms with van der Waals surface area (Å²) in [5.74, 6) is 0. The number of nitrogens with zero attached hydrogens (tertiary/aromatic N) is 1. The Labute approximate surface area is 168 Å². The zero-order chi connectivity index (χ0) is 19.8. The summed E-state index contributed by atoms with van der Waals surface area (Å²) in [7, 11) is 0. The van der Waals surface area contributed by atoms with E-state index in [4.69, 9.17) is 14.7 Å². The number of unbranched alkanes of at least 4 members (excludes halogenated alkanes) is 8. The van der Waals surface area contributed by atoms with Crippen molar-refractivity contribution in [2.24, 2.45) is 0 Å². The first-order valence-electron chi connectivity index (χ1n) is 11.2. The van der Waals surface area contributed by atoms with E-state index in [0.29, 0.717) is 19.6 Å². The summed E-state index contributed by atoms with van der Waals surface area (Å²) in [6.45, 7) is 5.88. The minimum atomic E-state index is -0.134. The highest BCUT2D eigenvalue weighted by Gasteiger charge is 2.08. The number of rotatable bonds is 20. The van der Waals surface area contributed by atoms with Crippen LogP contribution in [0.25, 0.3) is 0 Å². The Balaban J connectivity index is 3.90. The molecule has 0 N–H and O–H groups in total. The van der Waals surface area contributed by atoms with E-state index in [9.17, 15) is 0 Å². The summed E-state index contributed by atoms with van der Waals surface area (Å²) in [6.07, 6.45) is 24.2. The molecule has 0 fully saturated rings. The summed E-state index contributed by atoms with van der Waals surface area (Å²) in [4.78, 5) is 0. The van der Waals surface area contributed by atoms with Gasteiger partial charge in [-0.3, -0.25) is 0 Å². The van der Waals surface area contributed by atoms with E-state index < -0.39 is 0 Å². The minimum absolute atomic E-state index is 0.134. The summed E-state index contributed by atoms with van der Waals surface area (Å²) in [5.41, 5.74) is 0. The predicted octanol–water partition coefficient (Wildman–Crippen LogP) is 7.48. The molecule has 0 radical (unpaired) electrons. The second-order valence-electron chi connectivity index (χ2n) is 7.09. The molecule has 0 spiro atoms. The van der Waals surface area contributed by atoms with Crippen molar-refractivity contribution in [2.45, 2.75) is 110 Å². The highest BCUT2D eigenvalue weighted by atomic mass is 16.7. The Morgan fingerprint density at radius 3 is 1.70 bits per heavy atom. The minimum Gasteiger partial charge on any atom is -0.352 e. The van der Waals surface area contributed by atoms with Crippen molar-refractivity contribution in [2.75, 3.05) is 13.2 Å². The van der Waals surface area contributed by atoms with Crippen LogP contribution in [0.2, 0.25) is 0 Å². The molecule has 0 aliphatic rings. The molecule has 0 aromatic rings. The van der Waals surface area contributed by atoms with Crippen LogP contribution in [-0.2, 0) is 9.47 Å². The van der Waals surface area contributed by atoms with Crippen LogP contribution in [0, 0.1) is 11.3 Å². The zero-order valence-electron chi connectivity index (χ0n) is 18.0. The Kier molecular flexibility index (Phi) is 22.0. The van der Waals surface area contributed by atoms with Gasteiger partial charge in [-0.2, -0.15) is 5.26 Å². The standard InChI is InChI=1S/C24H43NO2/c1-3-5-7-9-11-13-18-22-26-24(20-16-15-17-21-25)27-23-19-14-12-10-8-6-4-2/h11-14,24H,3-10,15-20,22-23H2,1-2H3/b13-11-,14-12-. The van der Waals surface area contributed by atoms with E-state index in [0.717, 1.165) is 32.1 Å². The molecule has 0 rings (SSSR count). The van der Waals surface area contributed by atoms with Crippen molar-refractivity contribution in [1.29, 1.82) is 5.26 Å². The smallest absolute Gasteiger partial charge is 0.157 e. The Bertz CT molecular complexity index is 358. The van der Waals surface area contributed by atoms with Gasteiger partial charge in [0, 0.05) is 6.42 Å². The SMILES string of the molecule is CCCCC/C=C\CCOC(CCCCC#N)OCC/C=C\CCCCC. The normalized spacial score (nSPS) is 11.8. The topological polar surface area (TPSA) is 42.2 Å². The van der Waals surface area contributed by atoms with Crippen LogP contribution in [0.3, 0.4) is 0 Å². The third-order valence-corrected chi connectivity index (χ3v) is 4.44. The van der Waals surface area contributed by atoms with Gasteiger partial charge >= 0.3 is 0 Å². The maximum atomic E-state index is 8.66. The lowest BCUT2D eigenvalue weighted by Gasteiger charge is -2.18. The Hall–Kier alpha value is -1.11. The average Bonchev–Trinajstić information content (AvgIpc) is 2.68. The van der Waals surface area contributed by atoms with Gasteiger partial charge in [0.25, 0.3) is 0 Å². The number of hydrogen-bond donors (Lipinski definition) is 0. The third kappa shape index (κ3) is 21.1. The molecule has 0 atom stereocenters. The molecule has 0 bridgehead atoms. The zero-order valence-corrected chi connectivity index (χ0v) is 18.0. The van der Waals surface area contributed by atoms with Gasteiger partial charge in [-0.1, -0.05) is 63.8 Å². The van der Waals surface area contributed by atoms with E-state index >= 15 is 0 Å². The monoisotopic (exact) mass is 377 g/mol. The summed E-state index contributed by atoms with van der Waals surface area (Å²) >= 11 is 0. The first-order valence-corrected chi connectivity index (χ1v) is 11.2. The maximum Gasteiger partial charge on any atom is 0.157 e. The van der Waals surface area contributed by atoms with E-state index in [1.807, 2.05) is 0 Å². The Morgan fingerprint density at radius 2 is 1.22 bits per heavy atom. The molecule has 0 amide bonds. The number of ether oxygens (including phenoxy) is 2. The third-order valence-electron chi connectivity index (χ3n) is 4.44. The lowest BCUT2D eigenvalue weighted by atomic mass is 10.2. The molecule has 3 heteroatoms. The van der Waals surface area contributed by atoms with Crippen molar-refractivity contribution in [3.8, 4) is 6.07 Å². The summed E-state index contributed by atoms with van der Waals surface area (Å²) in [6, 6.07) is 2.20. The molecule has 0 heterocycles. The Morgan fingerprint density at radius 1 is 0.704 bits per heavy atom. The quantitative estimate of drug-likeness (QED) is 0.125. The van der Waals surface area contributed by atoms with Gasteiger partial charge in [0.1, 0.15) is 0 Å². The summed E-state index contributed by atoms with van der Waals surface area (Å²) in [5, 5.41) is 8.66. The number of hydrogen-bond acceptors (Lipinski definition) is 3. The van der Waals surface area contributed by atoms with Gasteiger partial charge in [-0.25, -0.2) is 0 Å². The highest BCUT2D eigenvalue weighted by Crippen LogP contribution is 2.10. The van der Waals surface area contributed by atoms with Crippen molar-refractivity contribution >= 4 is 0 Å². The van der Waals surface area contributed by atoms with Crippen molar-refractivity contribution in [1.82, 2.24) is 0 Å². The largest absolute Gasteiger partial charge is 0.352 e. The van der Waals surface area contributed by atoms with Crippen LogP contribution in [0.15, 0.2) is 24.3 Å². The second kappa shape index (κ2) is 22.9. The van der Waals surface area contributed by atoms with Crippen LogP contribution in [0.5, 0.6) is 0 Å². The maximum absolute atomic E-state index is 8.66. The van der Waals surface area contributed by atoms with Crippen LogP contribution in [0.1, 0.15) is 104 Å². The van der Waals surface area contributed by atoms with Gasteiger partial charge in [0.05, 0.1) is 19.3 Å². The first-order chi connectivity index (χ1) is 13.3. The molecule has 156 valence electrons. The van der Waals surface area contributed by atoms with Gasteiger partial charge in [0.15, 0.2) is 6.29 Å². The van der Waals surface area contributed by atoms with E-state index in [1.54, 1.807) is 0 Å². The van der Waals surface area contributed by atoms with Gasteiger partial charge in [0.2, 0.25) is 0 Å². The number of allylic oxidation sites excluding steroid dienone is 2. The molecule has 0 unspecified atom stereocenters. The lowest BCUT2D eigenvalue weighted by molar-refractivity contribution is -0.144. The fourth-order valence-electron chi connectivity index (χ4n) is 2.76. The van der Waals surface area contributed by atoms with Gasteiger partial charge < -0.3 is 9.47 Å². The summed E-state index contributed by atoms with van der Waals surface area (Å²) < 4.78 is 11.9. The van der Waals surface area contributed by atoms with Gasteiger partial charge in [-0.05, 0) is 57.8 Å². The lowest BCUT2D eigenvalue weighted by Crippen LogP contribution is -2.18. The molecule has 0 aromatic heterocycles. The predicted molar refractivity (Wildman–Crippen MR) is 116 cm³/mol. The molecular formula is C24H43NO2. The number of nitriles is 1. The van der Waals surface area contributed by atoms with Gasteiger partial charge in [-0.15, -0.1) is 0 Å². The van der Waals surface area contributed by atoms with Crippen molar-refractivity contribution < 1.29 is 9.47 Å². The van der Waals surface area contributed by atoms with Crippen LogP contribution < -0.4 is 0 Å². The van der Waals surface area contributed by atoms with Crippen LogP contribution >= 0.6 is 0 Å². The average molecular weight is 378 g/mol. The molecule has 0 aromatic carbocycles. The second-order valence-corrected chi connectivity index (χ2v) is 7.09. The van der Waals surface area contributed by atoms with Crippen molar-refractivity contribution in [3.05, 3.63) is 24.3 Å². The van der Waals surface area contributed by atoms with Crippen LogP contribution in [-0.4, -0.2) is 19.5 Å². The molecule has 3 nitrogen and oxygen atoms in total. The van der Waals surface area contributed by atoms with Crippen molar-refractivity contribution in [3.63, 3.8) is 0 Å². The van der Waals surface area contributed by atoms with E-state index in [-0.39, 0.29) is 6.29 Å². The molecule has 0 aliphatic carbocycles. The molecule has 0 saturated carbocycles. The first kappa shape index (κ1) is 25.9. The van der Waals surface area contributed by atoms with E-state index in [1.165, 1.54) is 51.4 Å². The molecule has 27 heavy (non-hydrogen) atoms. The highest BCUT2D eigenvalue weighted by molar-refractivity contribution is 4.82. The fraction of sp³-hybridized carbons (Fsp3) is 0.792. The fourth-order valence-corrected chi connectivity index (χ4v) is 2.76. The van der Waals surface area contributed by atoms with Crippen LogP contribution in [0.4, 0.5) is 0 Å². The molecule has 0 aliphatic heterocycles. The van der Waals surface area contributed by atoms with E-state index in [2.05, 4.69) is 44.2 Å².